The van der Waals surface area contributed by atoms with Crippen LogP contribution in [-0.2, 0) is 0 Å². The van der Waals surface area contributed by atoms with Crippen molar-refractivity contribution >= 4 is 17.2 Å². The Kier molecular flexibility index (Phi) is 3.37. The molecule has 0 rings (SSSR count). The van der Waals surface area contributed by atoms with Crippen LogP contribution in [0.4, 0.5) is 0 Å². The van der Waals surface area contributed by atoms with Gasteiger partial charge in [-0.1, -0.05) is 20.8 Å². The summed E-state index contributed by atoms with van der Waals surface area (Å²) in [5, 5.41) is 0. The topological polar surface area (TPSA) is 0 Å². The average molecular weight is 136 g/mol. The van der Waals surface area contributed by atoms with Gasteiger partial charge >= 0.3 is 0 Å². The van der Waals surface area contributed by atoms with E-state index in [4.69, 9.17) is 0 Å². The van der Waals surface area contributed by atoms with Crippen LogP contribution < -0.4 is 0 Å². The van der Waals surface area contributed by atoms with Crippen LogP contribution in [0.1, 0.15) is 20.8 Å². The lowest BCUT2D eigenvalue weighted by Gasteiger charge is -2.15. The molecule has 0 nitrogen and oxygen atoms in total. The molecule has 0 fully saturated rings. The molecule has 0 aliphatic heterocycles. The molecule has 2 heteroatoms. The summed E-state index contributed by atoms with van der Waals surface area (Å²) in [6, 6.07) is 0. The molecule has 0 saturated heterocycles. The Hall–Kier alpha value is 0.860. The second-order valence-corrected chi connectivity index (χ2v) is 4.93. The van der Waals surface area contributed by atoms with Crippen molar-refractivity contribution in [2.24, 2.45) is 5.41 Å². The Morgan fingerprint density at radius 2 is 1.86 bits per heavy atom. The second kappa shape index (κ2) is 3.00. The van der Waals surface area contributed by atoms with E-state index in [1.165, 1.54) is 6.16 Å². The minimum absolute atomic E-state index is 0.542. The minimum Gasteiger partial charge on any atom is -0.114 e. The van der Waals surface area contributed by atoms with Gasteiger partial charge in [-0.3, -0.25) is 0 Å². The highest BCUT2D eigenvalue weighted by Gasteiger charge is 2.06. The Labute approximate surface area is 50.3 Å². The maximum Gasteiger partial charge on any atom is -0.0270 e. The molecule has 2 atom stereocenters. The summed E-state index contributed by atoms with van der Waals surface area (Å²) in [4.78, 5) is 0. The molecule has 44 valence electrons. The van der Waals surface area contributed by atoms with Crippen molar-refractivity contribution in [2.45, 2.75) is 20.8 Å². The molecule has 0 aromatic rings. The zero-order valence-corrected chi connectivity index (χ0v) is 7.44. The van der Waals surface area contributed by atoms with Crippen molar-refractivity contribution in [1.29, 1.82) is 0 Å². The fourth-order valence-corrected chi connectivity index (χ4v) is 2.76. The van der Waals surface area contributed by atoms with Gasteiger partial charge in [0, 0.05) is 0 Å². The smallest absolute Gasteiger partial charge is 0.0270 e. The second-order valence-electron chi connectivity index (χ2n) is 2.94. The molecule has 0 amide bonds. The van der Waals surface area contributed by atoms with E-state index in [1.54, 1.807) is 0 Å². The normalized spacial score (nSPS) is 13.7. The molecule has 0 aliphatic rings. The Balaban J connectivity index is 3.15. The van der Waals surface area contributed by atoms with Gasteiger partial charge in [-0.2, -0.15) is 0 Å². The van der Waals surface area contributed by atoms with Gasteiger partial charge in [0.25, 0.3) is 0 Å². The van der Waals surface area contributed by atoms with E-state index >= 15 is 0 Å². The first-order valence-corrected chi connectivity index (χ1v) is 5.51. The van der Waals surface area contributed by atoms with Gasteiger partial charge in [-0.05, 0) is 11.6 Å². The van der Waals surface area contributed by atoms with E-state index < -0.39 is 0 Å². The van der Waals surface area contributed by atoms with Gasteiger partial charge < -0.3 is 0 Å². The third-order valence-corrected chi connectivity index (χ3v) is 2.51. The highest BCUT2D eigenvalue weighted by Crippen LogP contribution is 2.29. The third kappa shape index (κ3) is 6.86. The maximum atomic E-state index is 2.77. The van der Waals surface area contributed by atoms with Crippen LogP contribution in [0.5, 0.6) is 0 Å². The quantitative estimate of drug-likeness (QED) is 0.486. The van der Waals surface area contributed by atoms with Gasteiger partial charge in [0.2, 0.25) is 0 Å². The zero-order valence-electron chi connectivity index (χ0n) is 5.28. The fourth-order valence-electron chi connectivity index (χ4n) is 0.306. The molecular formula is C5H14P2. The first-order valence-electron chi connectivity index (χ1n) is 2.50. The SMILES string of the molecule is CC(C)(C)CPP. The highest BCUT2D eigenvalue weighted by molar-refractivity contribution is 8.02. The first-order chi connectivity index (χ1) is 3.06. The molecule has 0 aliphatic carbocycles. The van der Waals surface area contributed by atoms with E-state index in [0.29, 0.717) is 5.41 Å². The summed E-state index contributed by atoms with van der Waals surface area (Å²) in [6.07, 6.45) is 1.33. The minimum atomic E-state index is 0.542. The van der Waals surface area contributed by atoms with Crippen molar-refractivity contribution in [3.8, 4) is 0 Å². The van der Waals surface area contributed by atoms with Crippen LogP contribution in [0.3, 0.4) is 0 Å². The number of rotatable bonds is 1. The Morgan fingerprint density at radius 1 is 1.43 bits per heavy atom. The van der Waals surface area contributed by atoms with E-state index in [9.17, 15) is 0 Å². The highest BCUT2D eigenvalue weighted by atomic mass is 32.0. The third-order valence-electron chi connectivity index (χ3n) is 0.632. The first kappa shape index (κ1) is 7.86. The summed E-state index contributed by atoms with van der Waals surface area (Å²) in [7, 11) is 3.80. The lowest BCUT2D eigenvalue weighted by molar-refractivity contribution is 0.480. The van der Waals surface area contributed by atoms with Crippen molar-refractivity contribution in [2.75, 3.05) is 6.16 Å². The van der Waals surface area contributed by atoms with Crippen molar-refractivity contribution in [3.63, 3.8) is 0 Å². The van der Waals surface area contributed by atoms with Crippen molar-refractivity contribution in [3.05, 3.63) is 0 Å². The fraction of sp³-hybridized carbons (Fsp3) is 1.00. The maximum absolute atomic E-state index is 2.77. The molecule has 0 radical (unpaired) electrons. The van der Waals surface area contributed by atoms with Crippen LogP contribution in [0, 0.1) is 5.41 Å². The van der Waals surface area contributed by atoms with E-state index in [1.807, 2.05) is 0 Å². The lowest BCUT2D eigenvalue weighted by Crippen LogP contribution is -2.05. The van der Waals surface area contributed by atoms with E-state index in [0.717, 1.165) is 8.27 Å². The summed E-state index contributed by atoms with van der Waals surface area (Å²) in [5.74, 6) is 0. The molecular weight excluding hydrogens is 122 g/mol. The standard InChI is InChI=1S/C5H14P2/c1-5(2,3)4-7-6/h7H,4,6H2,1-3H3. The molecule has 0 saturated carbocycles. The molecule has 0 heterocycles. The average Bonchev–Trinajstić information content (AvgIpc) is 1.30. The predicted molar refractivity (Wildman–Crippen MR) is 42.3 cm³/mol. The Morgan fingerprint density at radius 3 is 1.86 bits per heavy atom. The molecule has 0 aromatic carbocycles. The summed E-state index contributed by atoms with van der Waals surface area (Å²) in [6.45, 7) is 6.80. The van der Waals surface area contributed by atoms with Gasteiger partial charge in [0.1, 0.15) is 0 Å². The number of hydrogen-bond acceptors (Lipinski definition) is 0. The summed E-state index contributed by atoms with van der Waals surface area (Å²) in [5.41, 5.74) is 0.542. The molecule has 0 spiro atoms. The molecule has 7 heavy (non-hydrogen) atoms. The molecule has 2 unspecified atom stereocenters. The van der Waals surface area contributed by atoms with Crippen LogP contribution in [0.15, 0.2) is 0 Å². The van der Waals surface area contributed by atoms with Crippen LogP contribution in [-0.4, -0.2) is 6.16 Å². The van der Waals surface area contributed by atoms with Gasteiger partial charge in [0.05, 0.1) is 0 Å². The summed E-state index contributed by atoms with van der Waals surface area (Å²) >= 11 is 0. The van der Waals surface area contributed by atoms with Crippen LogP contribution in [0.2, 0.25) is 0 Å². The van der Waals surface area contributed by atoms with Gasteiger partial charge in [0.15, 0.2) is 0 Å². The van der Waals surface area contributed by atoms with E-state index in [-0.39, 0.29) is 0 Å². The van der Waals surface area contributed by atoms with Crippen LogP contribution in [0.25, 0.3) is 0 Å². The molecule has 0 bridgehead atoms. The van der Waals surface area contributed by atoms with Crippen molar-refractivity contribution < 1.29 is 0 Å². The van der Waals surface area contributed by atoms with E-state index in [2.05, 4.69) is 29.7 Å². The Bertz CT molecular complexity index is 44.5. The molecule has 0 aromatic heterocycles. The largest absolute Gasteiger partial charge is 0.114 e. The summed E-state index contributed by atoms with van der Waals surface area (Å²) < 4.78 is 0. The van der Waals surface area contributed by atoms with Gasteiger partial charge in [-0.15, -0.1) is 17.2 Å². The van der Waals surface area contributed by atoms with Crippen LogP contribution >= 0.6 is 17.2 Å². The van der Waals surface area contributed by atoms with Crippen molar-refractivity contribution in [1.82, 2.24) is 0 Å². The lowest BCUT2D eigenvalue weighted by atomic mass is 10.0. The monoisotopic (exact) mass is 136 g/mol. The molecule has 0 N–H and O–H groups in total. The zero-order chi connectivity index (χ0) is 5.91. The number of hydrogen-bond donors (Lipinski definition) is 0. The van der Waals surface area contributed by atoms with Gasteiger partial charge in [-0.25, -0.2) is 0 Å². The predicted octanol–water partition coefficient (Wildman–Crippen LogP) is 2.50.